The van der Waals surface area contributed by atoms with Gasteiger partial charge in [-0.1, -0.05) is 38.5 Å². The Morgan fingerprint density at radius 2 is 1.93 bits per heavy atom. The third-order valence-corrected chi connectivity index (χ3v) is 1.93. The maximum atomic E-state index is 10.1. The van der Waals surface area contributed by atoms with Crippen LogP contribution in [0.3, 0.4) is 0 Å². The molecule has 0 bridgehead atoms. The molecule has 0 saturated heterocycles. The summed E-state index contributed by atoms with van der Waals surface area (Å²) < 4.78 is 4.77. The predicted octanol–water partition coefficient (Wildman–Crippen LogP) is 2.45. The summed E-state index contributed by atoms with van der Waals surface area (Å²) in [6, 6.07) is 0. The number of aliphatic carboxylic acids is 1. The van der Waals surface area contributed by atoms with Gasteiger partial charge in [-0.15, -0.1) is 5.92 Å². The second kappa shape index (κ2) is 11.1. The van der Waals surface area contributed by atoms with Gasteiger partial charge in [0, 0.05) is 6.42 Å². The second-order valence-corrected chi connectivity index (χ2v) is 3.40. The first-order valence-corrected chi connectivity index (χ1v) is 5.52. The fourth-order valence-corrected chi connectivity index (χ4v) is 1.15. The smallest absolute Gasteiger partial charge is 0.329 e. The number of hydrogen-bond donors (Lipinski definition) is 1. The molecule has 0 spiro atoms. The second-order valence-electron chi connectivity index (χ2n) is 3.40. The fourth-order valence-electron chi connectivity index (χ4n) is 1.15. The molecule has 0 aromatic rings. The van der Waals surface area contributed by atoms with E-state index in [9.17, 15) is 4.79 Å². The van der Waals surface area contributed by atoms with Crippen LogP contribution in [0.2, 0.25) is 0 Å². The molecular formula is C12H20O3. The molecule has 0 aromatic carbocycles. The Morgan fingerprint density at radius 1 is 1.20 bits per heavy atom. The van der Waals surface area contributed by atoms with Crippen molar-refractivity contribution in [2.24, 2.45) is 0 Å². The molecule has 0 fully saturated rings. The van der Waals surface area contributed by atoms with E-state index in [1.165, 1.54) is 25.7 Å². The standard InChI is InChI=1S/C12H20O3/c1-2-3-4-5-6-7-8-9-10-15-11-12(13)14/h2-7,10-11H2,1H3,(H,13,14). The summed E-state index contributed by atoms with van der Waals surface area (Å²) in [7, 11) is 0. The number of rotatable bonds is 8. The van der Waals surface area contributed by atoms with Crippen LogP contribution in [0, 0.1) is 11.8 Å². The van der Waals surface area contributed by atoms with Gasteiger partial charge in [-0.05, 0) is 6.42 Å². The molecule has 1 N–H and O–H groups in total. The lowest BCUT2D eigenvalue weighted by atomic mass is 10.1. The molecule has 0 atom stereocenters. The molecule has 0 aliphatic carbocycles. The van der Waals surface area contributed by atoms with Gasteiger partial charge in [-0.2, -0.15) is 0 Å². The van der Waals surface area contributed by atoms with Crippen molar-refractivity contribution in [2.75, 3.05) is 13.2 Å². The zero-order valence-corrected chi connectivity index (χ0v) is 9.42. The highest BCUT2D eigenvalue weighted by Gasteiger charge is 1.92. The van der Waals surface area contributed by atoms with E-state index in [1.54, 1.807) is 0 Å². The van der Waals surface area contributed by atoms with Crippen LogP contribution < -0.4 is 0 Å². The lowest BCUT2D eigenvalue weighted by molar-refractivity contribution is -0.141. The highest BCUT2D eigenvalue weighted by atomic mass is 16.5. The van der Waals surface area contributed by atoms with Crippen molar-refractivity contribution in [1.29, 1.82) is 0 Å². The van der Waals surface area contributed by atoms with Crippen molar-refractivity contribution in [1.82, 2.24) is 0 Å². The lowest BCUT2D eigenvalue weighted by Gasteiger charge is -1.95. The van der Waals surface area contributed by atoms with Gasteiger partial charge in [0.05, 0.1) is 0 Å². The summed E-state index contributed by atoms with van der Waals surface area (Å²) >= 11 is 0. The molecule has 0 aliphatic heterocycles. The minimum atomic E-state index is -0.948. The van der Waals surface area contributed by atoms with Crippen LogP contribution in [0.15, 0.2) is 0 Å². The Morgan fingerprint density at radius 3 is 2.60 bits per heavy atom. The number of carbonyl (C=O) groups is 1. The summed E-state index contributed by atoms with van der Waals surface area (Å²) in [5.74, 6) is 4.82. The van der Waals surface area contributed by atoms with Gasteiger partial charge >= 0.3 is 5.97 Å². The van der Waals surface area contributed by atoms with Gasteiger partial charge in [0.15, 0.2) is 0 Å². The van der Waals surface area contributed by atoms with Crippen LogP contribution >= 0.6 is 0 Å². The van der Waals surface area contributed by atoms with Crippen molar-refractivity contribution in [3.05, 3.63) is 0 Å². The monoisotopic (exact) mass is 212 g/mol. The van der Waals surface area contributed by atoms with E-state index >= 15 is 0 Å². The topological polar surface area (TPSA) is 46.5 Å². The van der Waals surface area contributed by atoms with E-state index in [-0.39, 0.29) is 13.2 Å². The maximum absolute atomic E-state index is 10.1. The molecular weight excluding hydrogens is 192 g/mol. The Balaban J connectivity index is 3.13. The normalized spacial score (nSPS) is 9.40. The first-order chi connectivity index (χ1) is 7.27. The molecule has 0 rings (SSSR count). The van der Waals surface area contributed by atoms with Crippen molar-refractivity contribution < 1.29 is 14.6 Å². The highest BCUT2D eigenvalue weighted by Crippen LogP contribution is 2.03. The fraction of sp³-hybridized carbons (Fsp3) is 0.750. The van der Waals surface area contributed by atoms with Gasteiger partial charge in [0.25, 0.3) is 0 Å². The number of ether oxygens (including phenoxy) is 1. The number of unbranched alkanes of at least 4 members (excludes halogenated alkanes) is 5. The Kier molecular flexibility index (Phi) is 10.3. The van der Waals surface area contributed by atoms with Gasteiger partial charge in [0.1, 0.15) is 13.2 Å². The van der Waals surface area contributed by atoms with Gasteiger partial charge in [0.2, 0.25) is 0 Å². The van der Waals surface area contributed by atoms with Crippen molar-refractivity contribution in [3.8, 4) is 11.8 Å². The van der Waals surface area contributed by atoms with Crippen LogP contribution in [-0.2, 0) is 9.53 Å². The van der Waals surface area contributed by atoms with Crippen LogP contribution in [0.5, 0.6) is 0 Å². The zero-order valence-electron chi connectivity index (χ0n) is 9.42. The highest BCUT2D eigenvalue weighted by molar-refractivity contribution is 5.68. The van der Waals surface area contributed by atoms with E-state index in [1.807, 2.05) is 0 Å². The molecule has 15 heavy (non-hydrogen) atoms. The average Bonchev–Trinajstić information content (AvgIpc) is 2.20. The van der Waals surface area contributed by atoms with E-state index < -0.39 is 5.97 Å². The van der Waals surface area contributed by atoms with Gasteiger partial charge < -0.3 is 9.84 Å². The third-order valence-electron chi connectivity index (χ3n) is 1.93. The largest absolute Gasteiger partial charge is 0.480 e. The molecule has 0 amide bonds. The summed E-state index contributed by atoms with van der Waals surface area (Å²) in [6.07, 6.45) is 7.10. The van der Waals surface area contributed by atoms with Crippen molar-refractivity contribution >= 4 is 5.97 Å². The van der Waals surface area contributed by atoms with Crippen LogP contribution in [0.4, 0.5) is 0 Å². The molecule has 0 radical (unpaired) electrons. The Bertz CT molecular complexity index is 213. The molecule has 0 saturated carbocycles. The van der Waals surface area contributed by atoms with Crippen molar-refractivity contribution in [3.63, 3.8) is 0 Å². The van der Waals surface area contributed by atoms with Crippen molar-refractivity contribution in [2.45, 2.75) is 45.4 Å². The maximum Gasteiger partial charge on any atom is 0.329 e. The first-order valence-electron chi connectivity index (χ1n) is 5.52. The number of hydrogen-bond acceptors (Lipinski definition) is 2. The predicted molar refractivity (Wildman–Crippen MR) is 59.6 cm³/mol. The van der Waals surface area contributed by atoms with Gasteiger partial charge in [-0.3, -0.25) is 0 Å². The molecule has 86 valence electrons. The molecule has 0 aliphatic rings. The first kappa shape index (κ1) is 14.0. The minimum absolute atomic E-state index is 0.223. The Labute approximate surface area is 91.8 Å². The number of carboxylic acids is 1. The van der Waals surface area contributed by atoms with Crippen LogP contribution in [-0.4, -0.2) is 24.3 Å². The third kappa shape index (κ3) is 13.0. The lowest BCUT2D eigenvalue weighted by Crippen LogP contribution is -2.06. The molecule has 0 heterocycles. The van der Waals surface area contributed by atoms with Gasteiger partial charge in [-0.25, -0.2) is 4.79 Å². The SMILES string of the molecule is CCCCCCCC#CCOCC(=O)O. The Hall–Kier alpha value is -1.01. The van der Waals surface area contributed by atoms with Crippen LogP contribution in [0.25, 0.3) is 0 Å². The quantitative estimate of drug-likeness (QED) is 0.496. The average molecular weight is 212 g/mol. The minimum Gasteiger partial charge on any atom is -0.480 e. The van der Waals surface area contributed by atoms with Crippen LogP contribution in [0.1, 0.15) is 45.4 Å². The summed E-state index contributed by atoms with van der Waals surface area (Å²) in [4.78, 5) is 10.1. The van der Waals surface area contributed by atoms with E-state index in [0.29, 0.717) is 0 Å². The number of carboxylic acid groups (broad SMARTS) is 1. The summed E-state index contributed by atoms with van der Waals surface area (Å²) in [5, 5.41) is 8.26. The van der Waals surface area contributed by atoms with E-state index in [4.69, 9.17) is 9.84 Å². The molecule has 3 nitrogen and oxygen atoms in total. The molecule has 3 heteroatoms. The summed E-state index contributed by atoms with van der Waals surface area (Å²) in [6.45, 7) is 2.16. The van der Waals surface area contributed by atoms with E-state index in [2.05, 4.69) is 18.8 Å². The zero-order chi connectivity index (χ0) is 11.4. The van der Waals surface area contributed by atoms with E-state index in [0.717, 1.165) is 12.8 Å². The molecule has 0 unspecified atom stereocenters. The summed E-state index contributed by atoms with van der Waals surface area (Å²) in [5.41, 5.74) is 0. The molecule has 0 aromatic heterocycles.